The first-order valence-electron chi connectivity index (χ1n) is 7.55. The molecule has 4 N–H and O–H groups in total. The Labute approximate surface area is 155 Å². The minimum Gasteiger partial charge on any atom is -0.365 e. The molecule has 1 aromatic carbocycles. The lowest BCUT2D eigenvalue weighted by Gasteiger charge is -2.13. The summed E-state index contributed by atoms with van der Waals surface area (Å²) >= 11 is 12.4. The minimum atomic E-state index is 0.311. The molecule has 9 heteroatoms. The first kappa shape index (κ1) is 17.5. The number of nitrogens with one attached hydrogen (secondary N) is 2. The molecule has 2 heterocycles. The SMILES string of the molecule is Cn1cc(Nc2ncc(CN)c(NCc3c(Cl)cccc3Cl)n2)cn1. The molecule has 0 saturated carbocycles. The van der Waals surface area contributed by atoms with E-state index >= 15 is 0 Å². The number of benzene rings is 1. The van der Waals surface area contributed by atoms with E-state index in [0.29, 0.717) is 34.9 Å². The topological polar surface area (TPSA) is 93.7 Å². The molecule has 0 radical (unpaired) electrons. The van der Waals surface area contributed by atoms with Gasteiger partial charge < -0.3 is 16.4 Å². The van der Waals surface area contributed by atoms with Gasteiger partial charge in [0.1, 0.15) is 5.82 Å². The van der Waals surface area contributed by atoms with E-state index in [9.17, 15) is 0 Å². The van der Waals surface area contributed by atoms with E-state index in [2.05, 4.69) is 25.7 Å². The van der Waals surface area contributed by atoms with Gasteiger partial charge in [-0.25, -0.2) is 4.98 Å². The van der Waals surface area contributed by atoms with Crippen molar-refractivity contribution in [2.24, 2.45) is 12.8 Å². The van der Waals surface area contributed by atoms with Crippen LogP contribution in [0.25, 0.3) is 0 Å². The number of nitrogens with two attached hydrogens (primary N) is 1. The van der Waals surface area contributed by atoms with Crippen LogP contribution in [-0.2, 0) is 20.1 Å². The smallest absolute Gasteiger partial charge is 0.229 e. The number of aryl methyl sites for hydroxylation is 1. The molecule has 0 bridgehead atoms. The Balaban J connectivity index is 1.80. The van der Waals surface area contributed by atoms with Crippen LogP contribution < -0.4 is 16.4 Å². The van der Waals surface area contributed by atoms with E-state index in [4.69, 9.17) is 28.9 Å². The van der Waals surface area contributed by atoms with E-state index in [1.165, 1.54) is 0 Å². The normalized spacial score (nSPS) is 10.7. The molecule has 2 aromatic heterocycles. The summed E-state index contributed by atoms with van der Waals surface area (Å²) in [5.74, 6) is 1.07. The summed E-state index contributed by atoms with van der Waals surface area (Å²) in [5, 5.41) is 11.6. The molecule has 3 rings (SSSR count). The van der Waals surface area contributed by atoms with Crippen molar-refractivity contribution in [2.75, 3.05) is 10.6 Å². The van der Waals surface area contributed by atoms with Crippen LogP contribution in [0.3, 0.4) is 0 Å². The first-order chi connectivity index (χ1) is 12.1. The van der Waals surface area contributed by atoms with Crippen LogP contribution in [0, 0.1) is 0 Å². The zero-order chi connectivity index (χ0) is 17.8. The van der Waals surface area contributed by atoms with Crippen molar-refractivity contribution >= 4 is 40.7 Å². The Morgan fingerprint density at radius 1 is 1.20 bits per heavy atom. The van der Waals surface area contributed by atoms with Crippen molar-refractivity contribution in [1.29, 1.82) is 0 Å². The maximum atomic E-state index is 6.21. The van der Waals surface area contributed by atoms with Crippen LogP contribution in [0.4, 0.5) is 17.5 Å². The summed E-state index contributed by atoms with van der Waals surface area (Å²) in [7, 11) is 1.84. The predicted octanol–water partition coefficient (Wildman–Crippen LogP) is 3.33. The van der Waals surface area contributed by atoms with E-state index in [0.717, 1.165) is 16.8 Å². The molecule has 7 nitrogen and oxygen atoms in total. The molecule has 130 valence electrons. The summed E-state index contributed by atoms with van der Waals surface area (Å²) in [6.07, 6.45) is 5.20. The second-order valence-electron chi connectivity index (χ2n) is 5.35. The molecule has 0 atom stereocenters. The number of halogens is 2. The first-order valence-corrected chi connectivity index (χ1v) is 8.31. The molecule has 25 heavy (non-hydrogen) atoms. The quantitative estimate of drug-likeness (QED) is 0.609. The van der Waals surface area contributed by atoms with Gasteiger partial charge in [-0.2, -0.15) is 10.1 Å². The maximum Gasteiger partial charge on any atom is 0.229 e. The molecule has 0 fully saturated rings. The molecule has 0 unspecified atom stereocenters. The fourth-order valence-electron chi connectivity index (χ4n) is 2.26. The van der Waals surface area contributed by atoms with Crippen molar-refractivity contribution in [3.05, 3.63) is 58.0 Å². The van der Waals surface area contributed by atoms with Crippen molar-refractivity contribution in [2.45, 2.75) is 13.1 Å². The van der Waals surface area contributed by atoms with Crippen molar-refractivity contribution in [3.8, 4) is 0 Å². The third-order valence-corrected chi connectivity index (χ3v) is 4.25. The molecule has 0 aliphatic carbocycles. The van der Waals surface area contributed by atoms with Gasteiger partial charge >= 0.3 is 0 Å². The largest absolute Gasteiger partial charge is 0.365 e. The summed E-state index contributed by atoms with van der Waals surface area (Å²) < 4.78 is 1.69. The number of hydrogen-bond acceptors (Lipinski definition) is 6. The molecule has 0 spiro atoms. The Morgan fingerprint density at radius 2 is 1.96 bits per heavy atom. The van der Waals surface area contributed by atoms with Gasteiger partial charge in [-0.05, 0) is 12.1 Å². The Hall–Kier alpha value is -2.35. The lowest BCUT2D eigenvalue weighted by Crippen LogP contribution is -2.10. The number of aromatic nitrogens is 4. The van der Waals surface area contributed by atoms with Crippen LogP contribution in [0.5, 0.6) is 0 Å². The Morgan fingerprint density at radius 3 is 2.60 bits per heavy atom. The zero-order valence-corrected chi connectivity index (χ0v) is 15.0. The highest BCUT2D eigenvalue weighted by molar-refractivity contribution is 6.36. The van der Waals surface area contributed by atoms with Gasteiger partial charge in [-0.3, -0.25) is 4.68 Å². The second kappa shape index (κ2) is 7.69. The summed E-state index contributed by atoms with van der Waals surface area (Å²) in [5.41, 5.74) is 8.17. The highest BCUT2D eigenvalue weighted by Gasteiger charge is 2.10. The highest BCUT2D eigenvalue weighted by atomic mass is 35.5. The lowest BCUT2D eigenvalue weighted by atomic mass is 10.2. The van der Waals surface area contributed by atoms with E-state index in [1.54, 1.807) is 35.3 Å². The van der Waals surface area contributed by atoms with Crippen LogP contribution in [-0.4, -0.2) is 19.7 Å². The van der Waals surface area contributed by atoms with Crippen LogP contribution >= 0.6 is 23.2 Å². The Kier molecular flexibility index (Phi) is 5.37. The van der Waals surface area contributed by atoms with Gasteiger partial charge in [0, 0.05) is 53.7 Å². The summed E-state index contributed by atoms with van der Waals surface area (Å²) in [6, 6.07) is 5.40. The molecule has 0 aliphatic rings. The fourth-order valence-corrected chi connectivity index (χ4v) is 2.79. The molecule has 0 amide bonds. The van der Waals surface area contributed by atoms with E-state index < -0.39 is 0 Å². The van der Waals surface area contributed by atoms with Gasteiger partial charge in [0.15, 0.2) is 0 Å². The van der Waals surface area contributed by atoms with Crippen molar-refractivity contribution in [1.82, 2.24) is 19.7 Å². The van der Waals surface area contributed by atoms with Gasteiger partial charge in [0.05, 0.1) is 11.9 Å². The molecule has 0 saturated heterocycles. The summed E-state index contributed by atoms with van der Waals surface area (Å²) in [6.45, 7) is 0.737. The summed E-state index contributed by atoms with van der Waals surface area (Å²) in [4.78, 5) is 8.76. The van der Waals surface area contributed by atoms with Gasteiger partial charge in [-0.15, -0.1) is 0 Å². The average Bonchev–Trinajstić information content (AvgIpc) is 2.99. The van der Waals surface area contributed by atoms with E-state index in [-0.39, 0.29) is 0 Å². The van der Waals surface area contributed by atoms with Crippen LogP contribution in [0.15, 0.2) is 36.8 Å². The van der Waals surface area contributed by atoms with Gasteiger partial charge in [0.25, 0.3) is 0 Å². The van der Waals surface area contributed by atoms with Crippen LogP contribution in [0.2, 0.25) is 10.0 Å². The zero-order valence-electron chi connectivity index (χ0n) is 13.5. The average molecular weight is 378 g/mol. The molecule has 0 aliphatic heterocycles. The molecular weight excluding hydrogens is 361 g/mol. The third kappa shape index (κ3) is 4.19. The van der Waals surface area contributed by atoms with Crippen molar-refractivity contribution < 1.29 is 0 Å². The maximum absolute atomic E-state index is 6.21. The molecular formula is C16H17Cl2N7. The standard InChI is InChI=1S/C16H17Cl2N7/c1-25-9-11(7-22-25)23-16-21-6-10(5-19)15(24-16)20-8-12-13(17)3-2-4-14(12)18/h2-4,6-7,9H,5,8,19H2,1H3,(H2,20,21,23,24). The highest BCUT2D eigenvalue weighted by Crippen LogP contribution is 2.26. The fraction of sp³-hybridized carbons (Fsp3) is 0.188. The molecule has 3 aromatic rings. The minimum absolute atomic E-state index is 0.311. The Bertz CT molecular complexity index is 858. The van der Waals surface area contributed by atoms with Gasteiger partial charge in [0.2, 0.25) is 5.95 Å². The number of hydrogen-bond donors (Lipinski definition) is 3. The van der Waals surface area contributed by atoms with E-state index in [1.807, 2.05) is 13.2 Å². The number of nitrogens with zero attached hydrogens (tertiary/aromatic N) is 4. The lowest BCUT2D eigenvalue weighted by molar-refractivity contribution is 0.768. The van der Waals surface area contributed by atoms with Crippen LogP contribution in [0.1, 0.15) is 11.1 Å². The third-order valence-electron chi connectivity index (χ3n) is 3.54. The van der Waals surface area contributed by atoms with Crippen molar-refractivity contribution in [3.63, 3.8) is 0 Å². The predicted molar refractivity (Wildman–Crippen MR) is 100 cm³/mol. The number of rotatable bonds is 6. The van der Waals surface area contributed by atoms with Gasteiger partial charge in [-0.1, -0.05) is 29.3 Å². The monoisotopic (exact) mass is 377 g/mol. The second-order valence-corrected chi connectivity index (χ2v) is 6.17. The number of anilines is 3.